The Bertz CT molecular complexity index is 595. The number of hydrogen-bond acceptors (Lipinski definition) is 0. The van der Waals surface area contributed by atoms with E-state index in [0.29, 0.717) is 0 Å². The van der Waals surface area contributed by atoms with Crippen LogP contribution in [0.15, 0.2) is 73.3 Å². The molecule has 0 nitrogen and oxygen atoms in total. The molecule has 0 aliphatic rings. The first-order chi connectivity index (χ1) is 8.86. The summed E-state index contributed by atoms with van der Waals surface area (Å²) in [5.74, 6) is 0. The van der Waals surface area contributed by atoms with Crippen molar-refractivity contribution in [3.05, 3.63) is 78.9 Å². The number of hydrogen-bond donors (Lipinski definition) is 0. The highest BCUT2D eigenvalue weighted by Gasteiger charge is 2.02. The van der Waals surface area contributed by atoms with Crippen molar-refractivity contribution in [1.29, 1.82) is 0 Å². The molecule has 2 rings (SSSR count). The zero-order valence-corrected chi connectivity index (χ0v) is 10.8. The molecule has 2 aromatic carbocycles. The zero-order valence-electron chi connectivity index (χ0n) is 10.8. The van der Waals surface area contributed by atoms with Gasteiger partial charge < -0.3 is 0 Å². The van der Waals surface area contributed by atoms with Gasteiger partial charge in [0.15, 0.2) is 0 Å². The van der Waals surface area contributed by atoms with Crippen LogP contribution in [0, 0.1) is 0 Å². The third-order valence-corrected chi connectivity index (χ3v) is 3.03. The van der Waals surface area contributed by atoms with Gasteiger partial charge in [0.05, 0.1) is 0 Å². The van der Waals surface area contributed by atoms with Gasteiger partial charge in [0.1, 0.15) is 0 Å². The minimum absolute atomic E-state index is 0.946. The maximum atomic E-state index is 3.93. The number of benzene rings is 2. The quantitative estimate of drug-likeness (QED) is 0.492. The molecule has 0 heteroatoms. The van der Waals surface area contributed by atoms with Gasteiger partial charge in [-0.15, -0.1) is 0 Å². The smallest absolute Gasteiger partial charge is 0.0106 e. The molecule has 18 heavy (non-hydrogen) atoms. The zero-order chi connectivity index (χ0) is 12.8. The molecule has 0 radical (unpaired) electrons. The first-order valence-corrected chi connectivity index (χ1v) is 6.28. The van der Waals surface area contributed by atoms with Crippen molar-refractivity contribution in [3.63, 3.8) is 0 Å². The average molecular weight is 234 g/mol. The summed E-state index contributed by atoms with van der Waals surface area (Å²) in [5, 5.41) is 2.56. The molecule has 0 bridgehead atoms. The molecule has 0 aromatic heterocycles. The van der Waals surface area contributed by atoms with E-state index in [0.717, 1.165) is 6.42 Å². The number of rotatable bonds is 4. The second-order valence-corrected chi connectivity index (χ2v) is 4.20. The summed E-state index contributed by atoms with van der Waals surface area (Å²) in [4.78, 5) is 0. The highest BCUT2D eigenvalue weighted by Crippen LogP contribution is 2.26. The van der Waals surface area contributed by atoms with Crippen LogP contribution in [-0.2, 0) is 0 Å². The van der Waals surface area contributed by atoms with Gasteiger partial charge in [0.2, 0.25) is 0 Å². The maximum absolute atomic E-state index is 3.93. The third kappa shape index (κ3) is 2.60. The van der Waals surface area contributed by atoms with Crippen LogP contribution in [-0.4, -0.2) is 0 Å². The van der Waals surface area contributed by atoms with Crippen LogP contribution in [0.5, 0.6) is 0 Å². The predicted octanol–water partition coefficient (Wildman–Crippen LogP) is 5.38. The Morgan fingerprint density at radius 1 is 1.11 bits per heavy atom. The van der Waals surface area contributed by atoms with Crippen molar-refractivity contribution in [2.24, 2.45) is 0 Å². The molecule has 2 aromatic rings. The lowest BCUT2D eigenvalue weighted by Crippen LogP contribution is -1.84. The Balaban J connectivity index is 2.51. The van der Waals surface area contributed by atoms with Crippen LogP contribution in [0.3, 0.4) is 0 Å². The van der Waals surface area contributed by atoms with E-state index < -0.39 is 0 Å². The standard InChI is InChI=1S/C18H18/c1-3-5-6-10-15(4-2)17-14-9-12-16-11-7-8-13-18(16)17/h3-5,7-14H,2,6H2,1H3/b5-3-,15-10-. The van der Waals surface area contributed by atoms with Gasteiger partial charge in [-0.1, -0.05) is 73.3 Å². The summed E-state index contributed by atoms with van der Waals surface area (Å²) in [6.45, 7) is 5.97. The number of allylic oxidation sites excluding steroid dienone is 5. The van der Waals surface area contributed by atoms with Crippen LogP contribution in [0.1, 0.15) is 18.9 Å². The summed E-state index contributed by atoms with van der Waals surface area (Å²) in [7, 11) is 0. The van der Waals surface area contributed by atoms with Crippen molar-refractivity contribution in [3.8, 4) is 0 Å². The fourth-order valence-corrected chi connectivity index (χ4v) is 2.11. The van der Waals surface area contributed by atoms with E-state index in [-0.39, 0.29) is 0 Å². The van der Waals surface area contributed by atoms with Gasteiger partial charge in [-0.2, -0.15) is 0 Å². The van der Waals surface area contributed by atoms with Crippen LogP contribution >= 0.6 is 0 Å². The highest BCUT2D eigenvalue weighted by atomic mass is 14.1. The first kappa shape index (κ1) is 12.4. The van der Waals surface area contributed by atoms with E-state index in [2.05, 4.69) is 67.3 Å². The molecule has 0 atom stereocenters. The molecular formula is C18H18. The molecule has 0 heterocycles. The molecule has 0 saturated carbocycles. The van der Waals surface area contributed by atoms with Gasteiger partial charge in [-0.3, -0.25) is 0 Å². The third-order valence-electron chi connectivity index (χ3n) is 3.03. The van der Waals surface area contributed by atoms with Crippen molar-refractivity contribution in [1.82, 2.24) is 0 Å². The topological polar surface area (TPSA) is 0 Å². The van der Waals surface area contributed by atoms with Gasteiger partial charge in [-0.05, 0) is 35.3 Å². The van der Waals surface area contributed by atoms with Crippen molar-refractivity contribution in [2.45, 2.75) is 13.3 Å². The fraction of sp³-hybridized carbons (Fsp3) is 0.111. The van der Waals surface area contributed by atoms with E-state index in [1.165, 1.54) is 21.9 Å². The SMILES string of the molecule is C=C/C(=C/C/C=C\C)c1cccc2ccccc12. The second kappa shape index (κ2) is 6.02. The molecule has 0 aliphatic carbocycles. The summed E-state index contributed by atoms with van der Waals surface area (Å²) in [6, 6.07) is 14.9. The second-order valence-electron chi connectivity index (χ2n) is 4.20. The summed E-state index contributed by atoms with van der Waals surface area (Å²) < 4.78 is 0. The van der Waals surface area contributed by atoms with E-state index in [1.54, 1.807) is 0 Å². The predicted molar refractivity (Wildman–Crippen MR) is 81.6 cm³/mol. The minimum Gasteiger partial charge on any atom is -0.0985 e. The Labute approximate surface area is 109 Å². The van der Waals surface area contributed by atoms with Crippen molar-refractivity contribution in [2.75, 3.05) is 0 Å². The van der Waals surface area contributed by atoms with Gasteiger partial charge in [-0.25, -0.2) is 0 Å². The molecule has 0 amide bonds. The van der Waals surface area contributed by atoms with E-state index in [9.17, 15) is 0 Å². The first-order valence-electron chi connectivity index (χ1n) is 6.28. The number of fused-ring (bicyclic) bond motifs is 1. The van der Waals surface area contributed by atoms with Crippen LogP contribution < -0.4 is 0 Å². The Morgan fingerprint density at radius 2 is 1.89 bits per heavy atom. The lowest BCUT2D eigenvalue weighted by Gasteiger charge is -2.07. The lowest BCUT2D eigenvalue weighted by molar-refractivity contribution is 1.38. The highest BCUT2D eigenvalue weighted by molar-refractivity contribution is 5.95. The van der Waals surface area contributed by atoms with Crippen molar-refractivity contribution < 1.29 is 0 Å². The van der Waals surface area contributed by atoms with E-state index in [1.807, 2.05) is 13.0 Å². The van der Waals surface area contributed by atoms with Crippen molar-refractivity contribution >= 4 is 16.3 Å². The average Bonchev–Trinajstić information content (AvgIpc) is 2.43. The normalized spacial score (nSPS) is 12.2. The van der Waals surface area contributed by atoms with Crippen LogP contribution in [0.2, 0.25) is 0 Å². The maximum Gasteiger partial charge on any atom is -0.0106 e. The summed E-state index contributed by atoms with van der Waals surface area (Å²) in [5.41, 5.74) is 2.46. The van der Waals surface area contributed by atoms with Gasteiger partial charge in [0.25, 0.3) is 0 Å². The Morgan fingerprint density at radius 3 is 2.67 bits per heavy atom. The molecule has 90 valence electrons. The molecule has 0 N–H and O–H groups in total. The van der Waals surface area contributed by atoms with Gasteiger partial charge in [0, 0.05) is 0 Å². The largest absolute Gasteiger partial charge is 0.0985 e. The molecule has 0 aliphatic heterocycles. The Kier molecular flexibility index (Phi) is 4.14. The summed E-state index contributed by atoms with van der Waals surface area (Å²) >= 11 is 0. The Hall–Kier alpha value is -2.08. The molecule has 0 spiro atoms. The fourth-order valence-electron chi connectivity index (χ4n) is 2.11. The van der Waals surface area contributed by atoms with Gasteiger partial charge >= 0.3 is 0 Å². The van der Waals surface area contributed by atoms with E-state index in [4.69, 9.17) is 0 Å². The molecular weight excluding hydrogens is 216 g/mol. The van der Waals surface area contributed by atoms with E-state index >= 15 is 0 Å². The van der Waals surface area contributed by atoms with Crippen LogP contribution in [0.25, 0.3) is 16.3 Å². The lowest BCUT2D eigenvalue weighted by atomic mass is 9.97. The summed E-state index contributed by atoms with van der Waals surface area (Å²) in [6.07, 6.45) is 9.32. The molecule has 0 unspecified atom stereocenters. The minimum atomic E-state index is 0.946. The molecule has 0 fully saturated rings. The van der Waals surface area contributed by atoms with Crippen LogP contribution in [0.4, 0.5) is 0 Å². The molecule has 0 saturated heterocycles. The monoisotopic (exact) mass is 234 g/mol.